The number of aromatic nitrogens is 3. The summed E-state index contributed by atoms with van der Waals surface area (Å²) in [5, 5.41) is 4.47. The molecule has 0 aliphatic carbocycles. The Labute approximate surface area is 196 Å². The van der Waals surface area contributed by atoms with Gasteiger partial charge in [-0.3, -0.25) is 9.78 Å². The van der Waals surface area contributed by atoms with Gasteiger partial charge in [0.25, 0.3) is 0 Å². The van der Waals surface area contributed by atoms with Crippen molar-refractivity contribution in [1.82, 2.24) is 14.5 Å². The first-order chi connectivity index (χ1) is 15.6. The number of para-hydroxylation sites is 2. The molecule has 0 aliphatic heterocycles. The molecule has 1 atom stereocenters. The Morgan fingerprint density at radius 3 is 2.84 bits per heavy atom. The predicted molar refractivity (Wildman–Crippen MR) is 129 cm³/mol. The van der Waals surface area contributed by atoms with Crippen LogP contribution in [0.25, 0.3) is 11.0 Å². The first-order valence-electron chi connectivity index (χ1n) is 10.2. The van der Waals surface area contributed by atoms with Gasteiger partial charge in [-0.25, -0.2) is 4.98 Å². The van der Waals surface area contributed by atoms with Gasteiger partial charge < -0.3 is 14.6 Å². The third kappa shape index (κ3) is 4.74. The molecule has 0 radical (unpaired) electrons. The molecule has 1 amide bonds. The Morgan fingerprint density at radius 2 is 2.06 bits per heavy atom. The SMILES string of the molecule is CCC(C(=O)Nc1ccccc1OC)n1c(SCc2cccc(Cl)c2)nc2ccncc21. The maximum absolute atomic E-state index is 13.4. The van der Waals surface area contributed by atoms with Crippen molar-refractivity contribution >= 4 is 46.0 Å². The van der Waals surface area contributed by atoms with Gasteiger partial charge in [-0.15, -0.1) is 0 Å². The van der Waals surface area contributed by atoms with Gasteiger partial charge in [-0.1, -0.05) is 54.6 Å². The lowest BCUT2D eigenvalue weighted by atomic mass is 10.2. The molecule has 0 spiro atoms. The fraction of sp³-hybridized carbons (Fsp3) is 0.208. The number of thioether (sulfide) groups is 1. The van der Waals surface area contributed by atoms with Crippen molar-refractivity contribution in [2.75, 3.05) is 12.4 Å². The molecule has 6 nitrogen and oxygen atoms in total. The molecule has 4 rings (SSSR count). The highest BCUT2D eigenvalue weighted by Crippen LogP contribution is 2.32. The topological polar surface area (TPSA) is 69.0 Å². The predicted octanol–water partition coefficient (Wildman–Crippen LogP) is 5.98. The van der Waals surface area contributed by atoms with E-state index < -0.39 is 6.04 Å². The van der Waals surface area contributed by atoms with E-state index >= 15 is 0 Å². The Bertz CT molecular complexity index is 1240. The molecular formula is C24H23ClN4O2S. The summed E-state index contributed by atoms with van der Waals surface area (Å²) >= 11 is 7.71. The lowest BCUT2D eigenvalue weighted by Gasteiger charge is -2.20. The van der Waals surface area contributed by atoms with Crippen LogP contribution in [0.1, 0.15) is 24.9 Å². The molecule has 1 unspecified atom stereocenters. The van der Waals surface area contributed by atoms with Crippen LogP contribution in [-0.2, 0) is 10.5 Å². The molecule has 2 heterocycles. The van der Waals surface area contributed by atoms with Crippen molar-refractivity contribution in [1.29, 1.82) is 0 Å². The van der Waals surface area contributed by atoms with E-state index in [-0.39, 0.29) is 5.91 Å². The minimum absolute atomic E-state index is 0.134. The average Bonchev–Trinajstić information content (AvgIpc) is 3.17. The number of nitrogens with zero attached hydrogens (tertiary/aromatic N) is 3. The molecule has 164 valence electrons. The number of benzene rings is 2. The zero-order chi connectivity index (χ0) is 22.5. The van der Waals surface area contributed by atoms with Crippen molar-refractivity contribution in [3.8, 4) is 5.75 Å². The molecule has 4 aromatic rings. The average molecular weight is 467 g/mol. The molecule has 8 heteroatoms. The van der Waals surface area contributed by atoms with Gasteiger partial charge in [0.2, 0.25) is 5.91 Å². The maximum Gasteiger partial charge on any atom is 0.247 e. The normalized spacial score (nSPS) is 12.0. The standard InChI is InChI=1S/C24H23ClN4O2S/c1-3-20(23(30)27-19-9-4-5-10-22(19)31-2)29-21-14-26-12-11-18(21)28-24(29)32-15-16-7-6-8-17(25)13-16/h4-14,20H,3,15H2,1-2H3,(H,27,30). The summed E-state index contributed by atoms with van der Waals surface area (Å²) in [6, 6.07) is 16.5. The minimum Gasteiger partial charge on any atom is -0.495 e. The monoisotopic (exact) mass is 466 g/mol. The van der Waals surface area contributed by atoms with E-state index in [4.69, 9.17) is 21.3 Å². The maximum atomic E-state index is 13.4. The highest BCUT2D eigenvalue weighted by atomic mass is 35.5. The van der Waals surface area contributed by atoms with Gasteiger partial charge in [0.05, 0.1) is 30.0 Å². The van der Waals surface area contributed by atoms with Crippen LogP contribution in [0.4, 0.5) is 5.69 Å². The molecule has 0 saturated heterocycles. The lowest BCUT2D eigenvalue weighted by molar-refractivity contribution is -0.119. The number of nitrogens with one attached hydrogen (secondary N) is 1. The Balaban J connectivity index is 1.67. The van der Waals surface area contributed by atoms with Gasteiger partial charge in [-0.2, -0.15) is 0 Å². The van der Waals surface area contributed by atoms with E-state index in [2.05, 4.69) is 10.3 Å². The highest BCUT2D eigenvalue weighted by Gasteiger charge is 2.25. The number of rotatable bonds is 8. The number of halogens is 1. The number of carbonyl (C=O) groups is 1. The van der Waals surface area contributed by atoms with E-state index in [0.29, 0.717) is 28.6 Å². The first kappa shape index (κ1) is 22.2. The second kappa shape index (κ2) is 10.1. The summed E-state index contributed by atoms with van der Waals surface area (Å²) < 4.78 is 7.36. The molecular weight excluding hydrogens is 444 g/mol. The lowest BCUT2D eigenvalue weighted by Crippen LogP contribution is -2.26. The van der Waals surface area contributed by atoms with E-state index in [1.165, 1.54) is 0 Å². The van der Waals surface area contributed by atoms with Crippen LogP contribution in [-0.4, -0.2) is 27.6 Å². The van der Waals surface area contributed by atoms with E-state index in [1.807, 2.05) is 66.1 Å². The van der Waals surface area contributed by atoms with Gasteiger partial charge in [0, 0.05) is 17.0 Å². The first-order valence-corrected chi connectivity index (χ1v) is 11.6. The molecule has 0 bridgehead atoms. The fourth-order valence-electron chi connectivity index (χ4n) is 3.55. The number of imidazole rings is 1. The molecule has 2 aromatic carbocycles. The Kier molecular flexibility index (Phi) is 6.97. The number of amides is 1. The molecule has 0 fully saturated rings. The molecule has 2 aromatic heterocycles. The fourth-order valence-corrected chi connectivity index (χ4v) is 4.76. The number of carbonyl (C=O) groups excluding carboxylic acids is 1. The summed E-state index contributed by atoms with van der Waals surface area (Å²) in [7, 11) is 1.59. The zero-order valence-electron chi connectivity index (χ0n) is 17.8. The molecule has 0 saturated carbocycles. The molecule has 1 N–H and O–H groups in total. The summed E-state index contributed by atoms with van der Waals surface area (Å²) in [6.07, 6.45) is 4.05. The van der Waals surface area contributed by atoms with Crippen LogP contribution in [0.3, 0.4) is 0 Å². The summed E-state index contributed by atoms with van der Waals surface area (Å²) in [6.45, 7) is 1.99. The van der Waals surface area contributed by atoms with Crippen LogP contribution in [0.2, 0.25) is 5.02 Å². The molecule has 0 aliphatic rings. The third-order valence-corrected chi connectivity index (χ3v) is 6.34. The van der Waals surface area contributed by atoms with Crippen molar-refractivity contribution in [3.05, 3.63) is 77.6 Å². The highest BCUT2D eigenvalue weighted by molar-refractivity contribution is 7.98. The number of pyridine rings is 1. The van der Waals surface area contributed by atoms with Crippen LogP contribution < -0.4 is 10.1 Å². The van der Waals surface area contributed by atoms with E-state index in [9.17, 15) is 4.79 Å². The van der Waals surface area contributed by atoms with Gasteiger partial charge in [0.1, 0.15) is 11.8 Å². The number of hydrogen-bond acceptors (Lipinski definition) is 5. The Hall–Kier alpha value is -3.03. The number of hydrogen-bond donors (Lipinski definition) is 1. The Morgan fingerprint density at radius 1 is 1.22 bits per heavy atom. The number of methoxy groups -OCH3 is 1. The zero-order valence-corrected chi connectivity index (χ0v) is 19.4. The van der Waals surface area contributed by atoms with Crippen LogP contribution in [0.5, 0.6) is 5.75 Å². The summed E-state index contributed by atoms with van der Waals surface area (Å²) in [5.41, 5.74) is 3.35. The van der Waals surface area contributed by atoms with Crippen LogP contribution >= 0.6 is 23.4 Å². The number of fused-ring (bicyclic) bond motifs is 1. The van der Waals surface area contributed by atoms with Crippen molar-refractivity contribution in [2.24, 2.45) is 0 Å². The van der Waals surface area contributed by atoms with Crippen molar-refractivity contribution in [2.45, 2.75) is 30.3 Å². The van der Waals surface area contributed by atoms with Gasteiger partial charge >= 0.3 is 0 Å². The molecule has 32 heavy (non-hydrogen) atoms. The van der Waals surface area contributed by atoms with E-state index in [0.717, 1.165) is 21.8 Å². The largest absolute Gasteiger partial charge is 0.495 e. The second-order valence-electron chi connectivity index (χ2n) is 7.16. The van der Waals surface area contributed by atoms with Gasteiger partial charge in [-0.05, 0) is 42.3 Å². The number of ether oxygens (including phenoxy) is 1. The minimum atomic E-state index is -0.462. The number of anilines is 1. The van der Waals surface area contributed by atoms with Crippen molar-refractivity contribution < 1.29 is 9.53 Å². The second-order valence-corrected chi connectivity index (χ2v) is 8.54. The third-order valence-electron chi connectivity index (χ3n) is 5.08. The van der Waals surface area contributed by atoms with Crippen molar-refractivity contribution in [3.63, 3.8) is 0 Å². The summed E-state index contributed by atoms with van der Waals surface area (Å²) in [4.78, 5) is 22.4. The van der Waals surface area contributed by atoms with Gasteiger partial charge in [0.15, 0.2) is 5.16 Å². The van der Waals surface area contributed by atoms with Crippen LogP contribution in [0.15, 0.2) is 72.1 Å². The van der Waals surface area contributed by atoms with Crippen LogP contribution in [0, 0.1) is 0 Å². The quantitative estimate of drug-likeness (QED) is 0.324. The smallest absolute Gasteiger partial charge is 0.247 e. The van der Waals surface area contributed by atoms with E-state index in [1.54, 1.807) is 31.3 Å². The summed E-state index contributed by atoms with van der Waals surface area (Å²) in [5.74, 6) is 1.16.